The van der Waals surface area contributed by atoms with Crippen LogP contribution in [0.15, 0.2) is 36.4 Å². The molecule has 4 nitrogen and oxygen atoms in total. The number of aryl methyl sites for hydroxylation is 3. The van der Waals surface area contributed by atoms with E-state index in [-0.39, 0.29) is 12.4 Å². The molecule has 0 saturated heterocycles. The fraction of sp³-hybridized carbons (Fsp3) is 0.211. The summed E-state index contributed by atoms with van der Waals surface area (Å²) in [4.78, 5) is 31.6. The third-order valence-corrected chi connectivity index (χ3v) is 5.56. The van der Waals surface area contributed by atoms with E-state index in [2.05, 4.69) is 4.98 Å². The molecule has 2 heterocycles. The van der Waals surface area contributed by atoms with Gasteiger partial charge >= 0.3 is 5.97 Å². The lowest BCUT2D eigenvalue weighted by molar-refractivity contribution is 0.0480. The zero-order valence-electron chi connectivity index (χ0n) is 14.2. The highest BCUT2D eigenvalue weighted by molar-refractivity contribution is 7.14. The summed E-state index contributed by atoms with van der Waals surface area (Å²) in [6.07, 6.45) is 0. The van der Waals surface area contributed by atoms with E-state index in [1.54, 1.807) is 11.3 Å². The van der Waals surface area contributed by atoms with Gasteiger partial charge in [-0.15, -0.1) is 22.7 Å². The highest BCUT2D eigenvalue weighted by atomic mass is 32.1. The maximum atomic E-state index is 12.5. The van der Waals surface area contributed by atoms with Gasteiger partial charge in [-0.3, -0.25) is 4.79 Å². The molecule has 0 aliphatic heterocycles. The van der Waals surface area contributed by atoms with Crippen molar-refractivity contribution >= 4 is 34.4 Å². The predicted octanol–water partition coefficient (Wildman–Crippen LogP) is 4.84. The van der Waals surface area contributed by atoms with E-state index in [9.17, 15) is 9.59 Å². The standard InChI is InChI=1S/C19H17NO3S2/c1-11-9-15(12(2)24-11)16(21)10-23-19(22)18-17(20-13(3)25-18)14-7-5-4-6-8-14/h4-9H,10H2,1-3H3. The molecule has 0 unspecified atom stereocenters. The van der Waals surface area contributed by atoms with Crippen LogP contribution >= 0.6 is 22.7 Å². The van der Waals surface area contributed by atoms with E-state index >= 15 is 0 Å². The molecule has 0 fully saturated rings. The molecule has 0 aliphatic carbocycles. The molecule has 0 atom stereocenters. The summed E-state index contributed by atoms with van der Waals surface area (Å²) in [5, 5.41) is 0.779. The number of benzene rings is 1. The number of thiazole rings is 1. The first-order valence-corrected chi connectivity index (χ1v) is 9.39. The number of carbonyl (C=O) groups is 2. The van der Waals surface area contributed by atoms with E-state index < -0.39 is 5.97 Å². The Morgan fingerprint density at radius 2 is 1.80 bits per heavy atom. The van der Waals surface area contributed by atoms with E-state index in [1.807, 2.05) is 57.2 Å². The van der Waals surface area contributed by atoms with Gasteiger partial charge in [-0.2, -0.15) is 0 Å². The molecule has 0 aliphatic rings. The Hall–Kier alpha value is -2.31. The minimum atomic E-state index is -0.512. The van der Waals surface area contributed by atoms with Crippen molar-refractivity contribution in [3.05, 3.63) is 61.6 Å². The molecule has 25 heavy (non-hydrogen) atoms. The average molecular weight is 371 g/mol. The Labute approximate surface area is 154 Å². The lowest BCUT2D eigenvalue weighted by Gasteiger charge is -2.04. The summed E-state index contributed by atoms with van der Waals surface area (Å²) in [6.45, 7) is 5.43. The Morgan fingerprint density at radius 3 is 2.44 bits per heavy atom. The quantitative estimate of drug-likeness (QED) is 0.476. The number of carbonyl (C=O) groups excluding carboxylic acids is 2. The molecule has 0 bridgehead atoms. The van der Waals surface area contributed by atoms with Crippen LogP contribution in [0.4, 0.5) is 0 Å². The SMILES string of the molecule is Cc1cc(C(=O)COC(=O)c2sc(C)nc2-c2ccccc2)c(C)s1. The second-order valence-corrected chi connectivity index (χ2v) is 8.27. The maximum Gasteiger partial charge on any atom is 0.351 e. The highest BCUT2D eigenvalue weighted by Crippen LogP contribution is 2.28. The van der Waals surface area contributed by atoms with Crippen LogP contribution in [0.2, 0.25) is 0 Å². The highest BCUT2D eigenvalue weighted by Gasteiger charge is 2.21. The van der Waals surface area contributed by atoms with Crippen molar-refractivity contribution in [2.45, 2.75) is 20.8 Å². The molecule has 0 saturated carbocycles. The molecule has 6 heteroatoms. The van der Waals surface area contributed by atoms with Crippen molar-refractivity contribution < 1.29 is 14.3 Å². The fourth-order valence-corrected chi connectivity index (χ4v) is 4.32. The third-order valence-electron chi connectivity index (χ3n) is 3.64. The average Bonchev–Trinajstić information content (AvgIpc) is 3.15. The van der Waals surface area contributed by atoms with Gasteiger partial charge in [0.2, 0.25) is 5.78 Å². The van der Waals surface area contributed by atoms with Gasteiger partial charge in [0, 0.05) is 20.9 Å². The van der Waals surface area contributed by atoms with E-state index in [4.69, 9.17) is 4.74 Å². The van der Waals surface area contributed by atoms with Gasteiger partial charge in [-0.1, -0.05) is 30.3 Å². The molecular weight excluding hydrogens is 354 g/mol. The monoisotopic (exact) mass is 371 g/mol. The zero-order valence-corrected chi connectivity index (χ0v) is 15.8. The number of thiophene rings is 1. The van der Waals surface area contributed by atoms with Crippen molar-refractivity contribution in [1.82, 2.24) is 4.98 Å². The fourth-order valence-electron chi connectivity index (χ4n) is 2.54. The van der Waals surface area contributed by atoms with Crippen LogP contribution in [0.1, 0.15) is 34.8 Å². The second-order valence-electron chi connectivity index (χ2n) is 5.60. The number of hydrogen-bond acceptors (Lipinski definition) is 6. The van der Waals surface area contributed by atoms with Gasteiger partial charge in [-0.05, 0) is 26.8 Å². The molecule has 0 amide bonds. The van der Waals surface area contributed by atoms with E-state index in [0.29, 0.717) is 16.1 Å². The summed E-state index contributed by atoms with van der Waals surface area (Å²) >= 11 is 2.84. The summed E-state index contributed by atoms with van der Waals surface area (Å²) in [5.74, 6) is -0.694. The minimum absolute atomic E-state index is 0.183. The van der Waals surface area contributed by atoms with Gasteiger partial charge in [0.15, 0.2) is 6.61 Å². The Bertz CT molecular complexity index is 926. The lowest BCUT2D eigenvalue weighted by Crippen LogP contribution is -2.14. The Balaban J connectivity index is 1.76. The molecule has 3 aromatic rings. The van der Waals surface area contributed by atoms with Crippen LogP contribution in [0.5, 0.6) is 0 Å². The van der Waals surface area contributed by atoms with Crippen molar-refractivity contribution in [2.24, 2.45) is 0 Å². The molecule has 128 valence electrons. The lowest BCUT2D eigenvalue weighted by atomic mass is 10.1. The summed E-state index contributed by atoms with van der Waals surface area (Å²) < 4.78 is 5.27. The Kier molecular flexibility index (Phi) is 5.11. The van der Waals surface area contributed by atoms with Crippen LogP contribution in [-0.2, 0) is 4.74 Å². The number of esters is 1. The largest absolute Gasteiger partial charge is 0.453 e. The molecule has 2 aromatic heterocycles. The summed E-state index contributed by atoms with van der Waals surface area (Å²) in [5.41, 5.74) is 2.08. The predicted molar refractivity (Wildman–Crippen MR) is 101 cm³/mol. The van der Waals surface area contributed by atoms with Crippen LogP contribution in [0, 0.1) is 20.8 Å². The first kappa shape index (κ1) is 17.5. The summed E-state index contributed by atoms with van der Waals surface area (Å²) in [7, 11) is 0. The number of aromatic nitrogens is 1. The number of hydrogen-bond donors (Lipinski definition) is 0. The van der Waals surface area contributed by atoms with Crippen LogP contribution in [0.25, 0.3) is 11.3 Å². The van der Waals surface area contributed by atoms with Crippen LogP contribution < -0.4 is 0 Å². The molecule has 0 spiro atoms. The molecule has 0 radical (unpaired) electrons. The van der Waals surface area contributed by atoms with Crippen molar-refractivity contribution in [3.63, 3.8) is 0 Å². The van der Waals surface area contributed by atoms with Crippen LogP contribution in [0.3, 0.4) is 0 Å². The van der Waals surface area contributed by atoms with E-state index in [0.717, 1.165) is 20.3 Å². The van der Waals surface area contributed by atoms with Gasteiger partial charge in [0.25, 0.3) is 0 Å². The topological polar surface area (TPSA) is 56.3 Å². The second kappa shape index (κ2) is 7.29. The maximum absolute atomic E-state index is 12.5. The molecular formula is C19H17NO3S2. The van der Waals surface area contributed by atoms with Gasteiger partial charge in [0.05, 0.1) is 10.7 Å². The minimum Gasteiger partial charge on any atom is -0.453 e. The third kappa shape index (κ3) is 3.86. The van der Waals surface area contributed by atoms with Crippen molar-refractivity contribution in [3.8, 4) is 11.3 Å². The molecule has 1 aromatic carbocycles. The van der Waals surface area contributed by atoms with Gasteiger partial charge < -0.3 is 4.74 Å². The summed E-state index contributed by atoms with van der Waals surface area (Å²) in [6, 6.07) is 11.3. The normalized spacial score (nSPS) is 10.7. The number of nitrogens with zero attached hydrogens (tertiary/aromatic N) is 1. The van der Waals surface area contributed by atoms with E-state index in [1.165, 1.54) is 11.3 Å². The smallest absolute Gasteiger partial charge is 0.351 e. The first-order valence-electron chi connectivity index (χ1n) is 7.76. The van der Waals surface area contributed by atoms with Crippen LogP contribution in [-0.4, -0.2) is 23.3 Å². The van der Waals surface area contributed by atoms with Crippen molar-refractivity contribution in [2.75, 3.05) is 6.61 Å². The molecule has 3 rings (SSSR count). The number of ether oxygens (including phenoxy) is 1. The van der Waals surface area contributed by atoms with Gasteiger partial charge in [0.1, 0.15) is 4.88 Å². The zero-order chi connectivity index (χ0) is 18.0. The van der Waals surface area contributed by atoms with Crippen molar-refractivity contribution in [1.29, 1.82) is 0 Å². The molecule has 0 N–H and O–H groups in total. The first-order chi connectivity index (χ1) is 12.0. The number of Topliss-reactive ketones (excluding diaryl/α,β-unsaturated/α-hetero) is 1. The van der Waals surface area contributed by atoms with Gasteiger partial charge in [-0.25, -0.2) is 9.78 Å². The number of ketones is 1. The number of rotatable bonds is 5. The Morgan fingerprint density at radius 1 is 1.08 bits per heavy atom.